The Hall–Kier alpha value is -3.16. The van der Waals surface area contributed by atoms with E-state index in [1.54, 1.807) is 16.2 Å². The number of carbonyl (C=O) groups is 2. The number of urea groups is 1. The Bertz CT molecular complexity index is 1110. The van der Waals surface area contributed by atoms with Crippen molar-refractivity contribution in [3.63, 3.8) is 0 Å². The van der Waals surface area contributed by atoms with Gasteiger partial charge in [0, 0.05) is 30.3 Å². The third kappa shape index (κ3) is 6.93. The van der Waals surface area contributed by atoms with E-state index in [0.29, 0.717) is 26.2 Å². The smallest absolute Gasteiger partial charge is 0.322 e. The molecule has 3 aromatic rings. The fraction of sp³-hybridized carbons (Fsp3) is 0.357. The van der Waals surface area contributed by atoms with E-state index >= 15 is 0 Å². The minimum Gasteiger partial charge on any atom is -0.376 e. The van der Waals surface area contributed by atoms with Crippen molar-refractivity contribution in [2.45, 2.75) is 45.9 Å². The van der Waals surface area contributed by atoms with Crippen LogP contribution in [0.15, 0.2) is 66.0 Å². The molecule has 1 aliphatic heterocycles. The zero-order valence-electron chi connectivity index (χ0n) is 20.4. The Kier molecular flexibility index (Phi) is 8.55. The highest BCUT2D eigenvalue weighted by atomic mass is 32.1. The number of rotatable bonds is 9. The molecule has 0 radical (unpaired) electrons. The molecule has 1 atom stereocenters. The van der Waals surface area contributed by atoms with Gasteiger partial charge in [-0.25, -0.2) is 4.79 Å². The van der Waals surface area contributed by atoms with Gasteiger partial charge in [-0.15, -0.1) is 11.3 Å². The van der Waals surface area contributed by atoms with Crippen LogP contribution in [0, 0.1) is 13.8 Å². The van der Waals surface area contributed by atoms with Gasteiger partial charge in [-0.3, -0.25) is 4.79 Å². The number of nitrogens with one attached hydrogen (secondary N) is 1. The van der Waals surface area contributed by atoms with Gasteiger partial charge in [-0.05, 0) is 60.9 Å². The van der Waals surface area contributed by atoms with Gasteiger partial charge in [0.1, 0.15) is 6.54 Å². The highest BCUT2D eigenvalue weighted by Gasteiger charge is 2.27. The van der Waals surface area contributed by atoms with Crippen LogP contribution in [-0.4, -0.2) is 47.5 Å². The normalized spacial score (nSPS) is 15.1. The number of benzene rings is 2. The maximum Gasteiger partial charge on any atom is 0.322 e. The molecule has 4 rings (SSSR count). The van der Waals surface area contributed by atoms with Gasteiger partial charge in [-0.1, -0.05) is 48.5 Å². The molecule has 2 aromatic carbocycles. The monoisotopic (exact) mass is 491 g/mol. The van der Waals surface area contributed by atoms with Gasteiger partial charge in [0.25, 0.3) is 0 Å². The molecule has 0 spiro atoms. The average Bonchev–Trinajstić information content (AvgIpc) is 3.56. The van der Waals surface area contributed by atoms with E-state index in [-0.39, 0.29) is 24.6 Å². The zero-order valence-corrected chi connectivity index (χ0v) is 21.2. The van der Waals surface area contributed by atoms with Gasteiger partial charge in [0.15, 0.2) is 0 Å². The van der Waals surface area contributed by atoms with Gasteiger partial charge in [0.2, 0.25) is 5.91 Å². The molecule has 184 valence electrons. The second kappa shape index (κ2) is 12.0. The number of ether oxygens (including phenoxy) is 1. The van der Waals surface area contributed by atoms with Crippen molar-refractivity contribution < 1.29 is 14.3 Å². The van der Waals surface area contributed by atoms with E-state index in [4.69, 9.17) is 4.74 Å². The highest BCUT2D eigenvalue weighted by molar-refractivity contribution is 7.09. The van der Waals surface area contributed by atoms with E-state index in [0.717, 1.165) is 40.1 Å². The summed E-state index contributed by atoms with van der Waals surface area (Å²) in [6.45, 7) is 6.09. The summed E-state index contributed by atoms with van der Waals surface area (Å²) >= 11 is 1.63. The first-order valence-corrected chi connectivity index (χ1v) is 13.0. The molecule has 2 heterocycles. The molecule has 35 heavy (non-hydrogen) atoms. The number of hydrogen-bond acceptors (Lipinski definition) is 4. The maximum absolute atomic E-state index is 13.6. The summed E-state index contributed by atoms with van der Waals surface area (Å²) in [5, 5.41) is 5.04. The first kappa shape index (κ1) is 24.9. The molecule has 1 unspecified atom stereocenters. The SMILES string of the molecule is Cc1cccc(NC(=O)N(CC(=O)N(Cc2ccccc2)Cc2cccs2)CC2CCCO2)c1C. The van der Waals surface area contributed by atoms with Gasteiger partial charge in [-0.2, -0.15) is 0 Å². The molecular weight excluding hydrogens is 458 g/mol. The fourth-order valence-corrected chi connectivity index (χ4v) is 4.94. The van der Waals surface area contributed by atoms with Crippen molar-refractivity contribution in [3.05, 3.63) is 87.6 Å². The summed E-state index contributed by atoms with van der Waals surface area (Å²) in [6.07, 6.45) is 1.82. The maximum atomic E-state index is 13.6. The van der Waals surface area contributed by atoms with E-state index in [2.05, 4.69) is 5.32 Å². The average molecular weight is 492 g/mol. The minimum atomic E-state index is -0.279. The molecule has 1 fully saturated rings. The predicted octanol–water partition coefficient (Wildman–Crippen LogP) is 5.61. The Labute approximate surface area is 211 Å². The largest absolute Gasteiger partial charge is 0.376 e. The first-order chi connectivity index (χ1) is 17.0. The Morgan fingerprint density at radius 3 is 2.54 bits per heavy atom. The number of carbonyl (C=O) groups excluding carboxylic acids is 2. The molecule has 0 aliphatic carbocycles. The Morgan fingerprint density at radius 1 is 1.00 bits per heavy atom. The van der Waals surface area contributed by atoms with Crippen LogP contribution in [0.2, 0.25) is 0 Å². The van der Waals surface area contributed by atoms with Crippen LogP contribution in [-0.2, 0) is 22.6 Å². The zero-order chi connectivity index (χ0) is 24.6. The molecule has 0 bridgehead atoms. The van der Waals surface area contributed by atoms with Gasteiger partial charge in [0.05, 0.1) is 12.6 Å². The number of hydrogen-bond donors (Lipinski definition) is 1. The number of anilines is 1. The van der Waals surface area contributed by atoms with E-state index in [1.807, 2.05) is 84.8 Å². The standard InChI is InChI=1S/C28H33N3O3S/c1-21-9-6-14-26(22(21)2)29-28(33)31(18-24-12-7-15-34-24)20-27(32)30(19-25-13-8-16-35-25)17-23-10-4-3-5-11-23/h3-6,8-11,13-14,16,24H,7,12,15,17-20H2,1-2H3,(H,29,33). The van der Waals surface area contributed by atoms with Crippen LogP contribution in [0.25, 0.3) is 0 Å². The molecule has 3 amide bonds. The van der Waals surface area contributed by atoms with Crippen LogP contribution in [0.3, 0.4) is 0 Å². The molecule has 0 saturated carbocycles. The van der Waals surface area contributed by atoms with Gasteiger partial charge >= 0.3 is 6.03 Å². The Balaban J connectivity index is 1.52. The molecule has 7 heteroatoms. The number of aryl methyl sites for hydroxylation is 1. The van der Waals surface area contributed by atoms with Crippen molar-refractivity contribution in [1.82, 2.24) is 9.80 Å². The predicted molar refractivity (Wildman–Crippen MR) is 140 cm³/mol. The Morgan fingerprint density at radius 2 is 1.83 bits per heavy atom. The summed E-state index contributed by atoms with van der Waals surface area (Å²) in [4.78, 5) is 31.5. The van der Waals surface area contributed by atoms with Crippen molar-refractivity contribution >= 4 is 29.0 Å². The molecule has 1 aliphatic rings. The fourth-order valence-electron chi connectivity index (χ4n) is 4.22. The lowest BCUT2D eigenvalue weighted by atomic mass is 10.1. The molecule has 6 nitrogen and oxygen atoms in total. The lowest BCUT2D eigenvalue weighted by Crippen LogP contribution is -2.46. The van der Waals surface area contributed by atoms with Crippen LogP contribution in [0.5, 0.6) is 0 Å². The molecule has 1 saturated heterocycles. The quantitative estimate of drug-likeness (QED) is 0.423. The number of thiophene rings is 1. The number of amides is 3. The summed E-state index contributed by atoms with van der Waals surface area (Å²) < 4.78 is 5.80. The van der Waals surface area contributed by atoms with E-state index < -0.39 is 0 Å². The summed E-state index contributed by atoms with van der Waals surface area (Å²) in [5.41, 5.74) is 3.95. The third-order valence-electron chi connectivity index (χ3n) is 6.40. The van der Waals surface area contributed by atoms with Crippen molar-refractivity contribution in [3.8, 4) is 0 Å². The van der Waals surface area contributed by atoms with Crippen LogP contribution in [0.4, 0.5) is 10.5 Å². The van der Waals surface area contributed by atoms with E-state index in [1.165, 1.54) is 0 Å². The first-order valence-electron chi connectivity index (χ1n) is 12.1. The summed E-state index contributed by atoms with van der Waals surface area (Å²) in [5.74, 6) is -0.0867. The second-order valence-electron chi connectivity index (χ2n) is 9.01. The number of nitrogens with zero attached hydrogens (tertiary/aromatic N) is 2. The third-order valence-corrected chi connectivity index (χ3v) is 7.26. The van der Waals surface area contributed by atoms with Gasteiger partial charge < -0.3 is 19.9 Å². The highest BCUT2D eigenvalue weighted by Crippen LogP contribution is 2.20. The second-order valence-corrected chi connectivity index (χ2v) is 10.0. The molecule has 1 aromatic heterocycles. The van der Waals surface area contributed by atoms with Crippen LogP contribution < -0.4 is 5.32 Å². The van der Waals surface area contributed by atoms with E-state index in [9.17, 15) is 9.59 Å². The van der Waals surface area contributed by atoms with Crippen molar-refractivity contribution in [2.75, 3.05) is 25.0 Å². The summed E-state index contributed by atoms with van der Waals surface area (Å²) in [7, 11) is 0. The lowest BCUT2D eigenvalue weighted by molar-refractivity contribution is -0.133. The molecular formula is C28H33N3O3S. The van der Waals surface area contributed by atoms with Crippen LogP contribution in [0.1, 0.15) is 34.4 Å². The summed E-state index contributed by atoms with van der Waals surface area (Å²) in [6, 6.07) is 19.5. The van der Waals surface area contributed by atoms with Crippen molar-refractivity contribution in [1.29, 1.82) is 0 Å². The molecule has 1 N–H and O–H groups in total. The lowest BCUT2D eigenvalue weighted by Gasteiger charge is -2.29. The topological polar surface area (TPSA) is 61.9 Å². The van der Waals surface area contributed by atoms with Crippen LogP contribution >= 0.6 is 11.3 Å². The minimum absolute atomic E-state index is 0.00519. The van der Waals surface area contributed by atoms with Crippen molar-refractivity contribution in [2.24, 2.45) is 0 Å².